The highest BCUT2D eigenvalue weighted by molar-refractivity contribution is 9.10. The van der Waals surface area contributed by atoms with Crippen LogP contribution in [0.3, 0.4) is 0 Å². The van der Waals surface area contributed by atoms with Crippen molar-refractivity contribution in [1.82, 2.24) is 4.90 Å². The first kappa shape index (κ1) is 14.6. The van der Waals surface area contributed by atoms with Gasteiger partial charge < -0.3 is 10.3 Å². The van der Waals surface area contributed by atoms with Crippen molar-refractivity contribution in [1.29, 1.82) is 0 Å². The smallest absolute Gasteiger partial charge is 0.256 e. The van der Waals surface area contributed by atoms with Crippen LogP contribution >= 0.6 is 15.9 Å². The second-order valence-corrected chi connectivity index (χ2v) is 5.39. The van der Waals surface area contributed by atoms with Gasteiger partial charge in [0.2, 0.25) is 0 Å². The highest BCUT2D eigenvalue weighted by atomic mass is 79.9. The second-order valence-electron chi connectivity index (χ2n) is 4.48. The van der Waals surface area contributed by atoms with Crippen LogP contribution in [0.4, 0.5) is 5.69 Å². The van der Waals surface area contributed by atoms with Crippen LogP contribution in [0.1, 0.15) is 15.9 Å². The Morgan fingerprint density at radius 1 is 1.20 bits per heavy atom. The summed E-state index contributed by atoms with van der Waals surface area (Å²) in [6.07, 6.45) is 0. The summed E-state index contributed by atoms with van der Waals surface area (Å²) < 4.78 is 1.02. The number of amides is 1. The predicted octanol–water partition coefficient (Wildman–Crippen LogP) is 3.01. The molecule has 0 saturated carbocycles. The van der Waals surface area contributed by atoms with Gasteiger partial charge in [-0.3, -0.25) is 10.6 Å². The van der Waals surface area contributed by atoms with Gasteiger partial charge >= 0.3 is 0 Å². The minimum atomic E-state index is -0.0681. The van der Waals surface area contributed by atoms with Crippen molar-refractivity contribution in [2.45, 2.75) is 6.54 Å². The van der Waals surface area contributed by atoms with Crippen molar-refractivity contribution in [2.24, 2.45) is 5.84 Å². The van der Waals surface area contributed by atoms with Crippen LogP contribution in [0, 0.1) is 0 Å². The lowest BCUT2D eigenvalue weighted by Crippen LogP contribution is -2.27. The lowest BCUT2D eigenvalue weighted by Gasteiger charge is -2.19. The normalized spacial score (nSPS) is 10.2. The largest absolute Gasteiger partial charge is 0.337 e. The van der Waals surface area contributed by atoms with Crippen LogP contribution in [-0.4, -0.2) is 17.9 Å². The number of carbonyl (C=O) groups excluding carboxylic acids is 1. The summed E-state index contributed by atoms with van der Waals surface area (Å²) in [5, 5.41) is 0. The molecule has 0 heterocycles. The van der Waals surface area contributed by atoms with Gasteiger partial charge in [0.25, 0.3) is 5.91 Å². The number of halogens is 1. The molecule has 3 N–H and O–H groups in total. The van der Waals surface area contributed by atoms with Gasteiger partial charge in [-0.05, 0) is 29.8 Å². The van der Waals surface area contributed by atoms with E-state index in [0.29, 0.717) is 17.8 Å². The third kappa shape index (κ3) is 3.37. The molecule has 0 aliphatic rings. The molecule has 0 saturated heterocycles. The zero-order chi connectivity index (χ0) is 14.5. The number of nitrogens with one attached hydrogen (secondary N) is 1. The molecule has 104 valence electrons. The van der Waals surface area contributed by atoms with Crippen molar-refractivity contribution in [2.75, 3.05) is 12.5 Å². The summed E-state index contributed by atoms with van der Waals surface area (Å²) in [4.78, 5) is 14.1. The highest BCUT2D eigenvalue weighted by Gasteiger charge is 2.15. The van der Waals surface area contributed by atoms with E-state index in [0.717, 1.165) is 10.0 Å². The number of benzene rings is 2. The number of hydrazine groups is 1. The summed E-state index contributed by atoms with van der Waals surface area (Å²) in [5.74, 6) is 5.36. The van der Waals surface area contributed by atoms with Gasteiger partial charge in [0.15, 0.2) is 0 Å². The summed E-state index contributed by atoms with van der Waals surface area (Å²) in [5.41, 5.74) is 4.81. The summed E-state index contributed by atoms with van der Waals surface area (Å²) >= 11 is 3.39. The van der Waals surface area contributed by atoms with Gasteiger partial charge in [-0.25, -0.2) is 0 Å². The lowest BCUT2D eigenvalue weighted by atomic mass is 10.1. The molecule has 2 rings (SSSR count). The average molecular weight is 334 g/mol. The van der Waals surface area contributed by atoms with Crippen LogP contribution in [-0.2, 0) is 6.54 Å². The predicted molar refractivity (Wildman–Crippen MR) is 84.2 cm³/mol. The molecule has 0 aliphatic heterocycles. The first-order valence-electron chi connectivity index (χ1n) is 6.17. The summed E-state index contributed by atoms with van der Waals surface area (Å²) in [6, 6.07) is 15.1. The number of rotatable bonds is 4. The van der Waals surface area contributed by atoms with Gasteiger partial charge in [-0.15, -0.1) is 0 Å². The van der Waals surface area contributed by atoms with Gasteiger partial charge in [0.1, 0.15) is 0 Å². The molecule has 0 unspecified atom stereocenters. The first-order valence-corrected chi connectivity index (χ1v) is 6.96. The van der Waals surface area contributed by atoms with Crippen LogP contribution < -0.4 is 11.3 Å². The number of para-hydroxylation sites is 1. The molecule has 0 atom stereocenters. The van der Waals surface area contributed by atoms with E-state index in [-0.39, 0.29) is 5.91 Å². The molecule has 1 amide bonds. The maximum atomic E-state index is 12.4. The molecule has 0 spiro atoms. The quantitative estimate of drug-likeness (QED) is 0.668. The highest BCUT2D eigenvalue weighted by Crippen LogP contribution is 2.17. The zero-order valence-electron chi connectivity index (χ0n) is 11.1. The number of anilines is 1. The van der Waals surface area contributed by atoms with E-state index in [4.69, 9.17) is 5.84 Å². The minimum Gasteiger partial charge on any atom is -0.337 e. The Bertz CT molecular complexity index is 598. The van der Waals surface area contributed by atoms with Crippen molar-refractivity contribution >= 4 is 27.5 Å². The Labute approximate surface area is 126 Å². The topological polar surface area (TPSA) is 58.4 Å². The maximum Gasteiger partial charge on any atom is 0.256 e. The van der Waals surface area contributed by atoms with Crippen molar-refractivity contribution in [3.8, 4) is 0 Å². The van der Waals surface area contributed by atoms with Crippen LogP contribution in [0.15, 0.2) is 53.0 Å². The standard InChI is InChI=1S/C15H16BrN3O/c1-19(10-11-6-8-12(16)9-7-11)15(20)13-4-2-3-5-14(13)18-17/h2-9,18H,10,17H2,1H3. The Morgan fingerprint density at radius 2 is 1.85 bits per heavy atom. The molecular weight excluding hydrogens is 318 g/mol. The number of nitrogens with zero attached hydrogens (tertiary/aromatic N) is 1. The Hall–Kier alpha value is -1.85. The van der Waals surface area contributed by atoms with Crippen molar-refractivity contribution < 1.29 is 4.79 Å². The van der Waals surface area contributed by atoms with E-state index >= 15 is 0 Å². The lowest BCUT2D eigenvalue weighted by molar-refractivity contribution is 0.0786. The zero-order valence-corrected chi connectivity index (χ0v) is 12.7. The Kier molecular flexibility index (Phi) is 4.76. The molecule has 4 nitrogen and oxygen atoms in total. The third-order valence-electron chi connectivity index (χ3n) is 2.99. The monoisotopic (exact) mass is 333 g/mol. The number of hydrogen-bond acceptors (Lipinski definition) is 3. The molecule has 2 aromatic rings. The van der Waals surface area contributed by atoms with Gasteiger partial charge in [0.05, 0.1) is 11.3 Å². The molecule has 0 bridgehead atoms. The summed E-state index contributed by atoms with van der Waals surface area (Å²) in [7, 11) is 1.78. The van der Waals surface area contributed by atoms with Crippen molar-refractivity contribution in [3.05, 3.63) is 64.1 Å². The van der Waals surface area contributed by atoms with Gasteiger partial charge in [0, 0.05) is 18.1 Å². The molecule has 20 heavy (non-hydrogen) atoms. The van der Waals surface area contributed by atoms with E-state index in [9.17, 15) is 4.79 Å². The Morgan fingerprint density at radius 3 is 2.50 bits per heavy atom. The fraction of sp³-hybridized carbons (Fsp3) is 0.133. The summed E-state index contributed by atoms with van der Waals surface area (Å²) in [6.45, 7) is 0.547. The molecule has 0 radical (unpaired) electrons. The van der Waals surface area contributed by atoms with E-state index in [1.165, 1.54) is 0 Å². The first-order chi connectivity index (χ1) is 9.61. The fourth-order valence-corrected chi connectivity index (χ4v) is 2.20. The SMILES string of the molecule is CN(Cc1ccc(Br)cc1)C(=O)c1ccccc1NN. The maximum absolute atomic E-state index is 12.4. The molecule has 5 heteroatoms. The van der Waals surface area contributed by atoms with Crippen LogP contribution in [0.2, 0.25) is 0 Å². The number of hydrogen-bond donors (Lipinski definition) is 2. The molecular formula is C15H16BrN3O. The van der Waals surface area contributed by atoms with Crippen molar-refractivity contribution in [3.63, 3.8) is 0 Å². The number of nitrogen functional groups attached to an aromatic ring is 1. The Balaban J connectivity index is 2.14. The van der Waals surface area contributed by atoms with E-state index in [1.54, 1.807) is 24.1 Å². The molecule has 0 fully saturated rings. The van der Waals surface area contributed by atoms with E-state index in [1.807, 2.05) is 36.4 Å². The molecule has 2 aromatic carbocycles. The molecule has 0 aromatic heterocycles. The fourth-order valence-electron chi connectivity index (χ4n) is 1.94. The third-order valence-corrected chi connectivity index (χ3v) is 3.52. The average Bonchev–Trinajstić information content (AvgIpc) is 2.48. The molecule has 0 aliphatic carbocycles. The van der Waals surface area contributed by atoms with Gasteiger partial charge in [-0.2, -0.15) is 0 Å². The minimum absolute atomic E-state index is 0.0681. The number of carbonyl (C=O) groups is 1. The van der Waals surface area contributed by atoms with Crippen LogP contribution in [0.5, 0.6) is 0 Å². The second kappa shape index (κ2) is 6.54. The van der Waals surface area contributed by atoms with Gasteiger partial charge in [-0.1, -0.05) is 40.2 Å². The van der Waals surface area contributed by atoms with E-state index < -0.39 is 0 Å². The number of nitrogens with two attached hydrogens (primary N) is 1. The van der Waals surface area contributed by atoms with Crippen LogP contribution in [0.25, 0.3) is 0 Å². The van der Waals surface area contributed by atoms with E-state index in [2.05, 4.69) is 21.4 Å².